The van der Waals surface area contributed by atoms with Crippen LogP contribution in [0.25, 0.3) is 10.9 Å². The van der Waals surface area contributed by atoms with Gasteiger partial charge in [-0.3, -0.25) is 14.4 Å². The fourth-order valence-electron chi connectivity index (χ4n) is 5.50. The van der Waals surface area contributed by atoms with Gasteiger partial charge in [-0.15, -0.1) is 0 Å². The monoisotopic (exact) mass is 545 g/mol. The molecule has 2 N–H and O–H groups in total. The molecule has 2 aromatic carbocycles. The predicted molar refractivity (Wildman–Crippen MR) is 149 cm³/mol. The summed E-state index contributed by atoms with van der Waals surface area (Å²) in [7, 11) is 0. The Bertz CT molecular complexity index is 1470. The van der Waals surface area contributed by atoms with Gasteiger partial charge >= 0.3 is 6.09 Å². The van der Waals surface area contributed by atoms with Crippen molar-refractivity contribution in [1.29, 1.82) is 0 Å². The molecule has 4 amide bonds. The Morgan fingerprint density at radius 2 is 1.75 bits per heavy atom. The fourth-order valence-corrected chi connectivity index (χ4v) is 5.50. The van der Waals surface area contributed by atoms with E-state index >= 15 is 0 Å². The first-order valence-corrected chi connectivity index (χ1v) is 13.6. The summed E-state index contributed by atoms with van der Waals surface area (Å²) in [6, 6.07) is 14.7. The predicted octanol–water partition coefficient (Wildman–Crippen LogP) is 3.36. The number of aromatic nitrogens is 1. The molecular weight excluding hydrogens is 510 g/mol. The van der Waals surface area contributed by atoms with Gasteiger partial charge in [0, 0.05) is 47.2 Å². The van der Waals surface area contributed by atoms with Crippen LogP contribution in [0.5, 0.6) is 0 Å². The number of hydrogen-bond donors (Lipinski definition) is 2. The molecule has 0 aliphatic carbocycles. The van der Waals surface area contributed by atoms with Crippen molar-refractivity contribution in [3.05, 3.63) is 70.9 Å². The van der Waals surface area contributed by atoms with Gasteiger partial charge in [-0.1, -0.05) is 37.3 Å². The van der Waals surface area contributed by atoms with Crippen LogP contribution in [-0.2, 0) is 33.9 Å². The maximum Gasteiger partial charge on any atom is 0.431 e. The van der Waals surface area contributed by atoms with Crippen LogP contribution in [0.3, 0.4) is 0 Å². The molecule has 2 aliphatic heterocycles. The van der Waals surface area contributed by atoms with Gasteiger partial charge in [0.2, 0.25) is 11.8 Å². The number of carbonyl (C=O) groups is 4. The molecule has 1 unspecified atom stereocenters. The van der Waals surface area contributed by atoms with Crippen LogP contribution >= 0.6 is 0 Å². The van der Waals surface area contributed by atoms with Gasteiger partial charge in [-0.25, -0.2) is 4.79 Å². The Hall–Kier alpha value is -4.34. The Balaban J connectivity index is 1.36. The SMILES string of the molecule is CCCN1CC(=O)N2Cc3c(c4ccccc4n3Cc3ccc(C(=O)NOC(=O)NC(C)(C)C)cc3)CC2C1=O. The van der Waals surface area contributed by atoms with Crippen LogP contribution < -0.4 is 10.8 Å². The van der Waals surface area contributed by atoms with Gasteiger partial charge in [0.25, 0.3) is 5.91 Å². The maximum absolute atomic E-state index is 13.2. The molecule has 1 atom stereocenters. The van der Waals surface area contributed by atoms with Crippen molar-refractivity contribution < 1.29 is 24.0 Å². The van der Waals surface area contributed by atoms with Crippen LogP contribution in [0.4, 0.5) is 4.79 Å². The molecule has 0 bridgehead atoms. The molecule has 10 nitrogen and oxygen atoms in total. The molecule has 10 heteroatoms. The summed E-state index contributed by atoms with van der Waals surface area (Å²) >= 11 is 0. The summed E-state index contributed by atoms with van der Waals surface area (Å²) in [6.07, 6.45) is 0.571. The van der Waals surface area contributed by atoms with Crippen molar-refractivity contribution in [2.75, 3.05) is 13.1 Å². The second-order valence-corrected chi connectivity index (χ2v) is 11.4. The third-order valence-corrected chi connectivity index (χ3v) is 7.29. The second kappa shape index (κ2) is 10.7. The van der Waals surface area contributed by atoms with Crippen molar-refractivity contribution in [2.45, 2.75) is 65.2 Å². The minimum atomic E-state index is -0.740. The number of hydroxylamine groups is 1. The van der Waals surface area contributed by atoms with E-state index in [0.29, 0.717) is 31.6 Å². The van der Waals surface area contributed by atoms with Crippen LogP contribution in [0.15, 0.2) is 48.5 Å². The number of benzene rings is 2. The Morgan fingerprint density at radius 3 is 2.45 bits per heavy atom. The lowest BCUT2D eigenvalue weighted by Crippen LogP contribution is -2.61. The second-order valence-electron chi connectivity index (χ2n) is 11.4. The Labute approximate surface area is 233 Å². The first kappa shape index (κ1) is 27.2. The number of hydrogen-bond acceptors (Lipinski definition) is 5. The molecule has 3 aromatic rings. The molecule has 0 radical (unpaired) electrons. The largest absolute Gasteiger partial charge is 0.431 e. The minimum Gasteiger partial charge on any atom is -0.338 e. The van der Waals surface area contributed by atoms with E-state index in [0.717, 1.165) is 34.1 Å². The number of para-hydroxylation sites is 1. The summed E-state index contributed by atoms with van der Waals surface area (Å²) in [4.78, 5) is 58.8. The van der Waals surface area contributed by atoms with Gasteiger partial charge in [0.05, 0.1) is 13.1 Å². The molecule has 5 rings (SSSR count). The minimum absolute atomic E-state index is 0.0192. The van der Waals surface area contributed by atoms with E-state index in [9.17, 15) is 19.2 Å². The van der Waals surface area contributed by atoms with E-state index in [4.69, 9.17) is 4.84 Å². The average molecular weight is 546 g/mol. The van der Waals surface area contributed by atoms with Crippen LogP contribution in [-0.4, -0.2) is 62.9 Å². The van der Waals surface area contributed by atoms with Crippen molar-refractivity contribution in [3.8, 4) is 0 Å². The number of carbonyl (C=O) groups excluding carboxylic acids is 4. The lowest BCUT2D eigenvalue weighted by molar-refractivity contribution is -0.157. The topological polar surface area (TPSA) is 113 Å². The number of piperazine rings is 1. The highest BCUT2D eigenvalue weighted by molar-refractivity contribution is 5.97. The quantitative estimate of drug-likeness (QED) is 0.478. The van der Waals surface area contributed by atoms with Gasteiger partial charge in [-0.2, -0.15) is 5.48 Å². The number of nitrogens with one attached hydrogen (secondary N) is 2. The number of rotatable bonds is 5. The molecule has 2 aliphatic rings. The van der Waals surface area contributed by atoms with E-state index in [1.165, 1.54) is 0 Å². The number of amides is 4. The van der Waals surface area contributed by atoms with Crippen LogP contribution in [0.2, 0.25) is 0 Å². The lowest BCUT2D eigenvalue weighted by Gasteiger charge is -2.43. The molecule has 40 heavy (non-hydrogen) atoms. The van der Waals surface area contributed by atoms with E-state index in [1.807, 2.05) is 52.0 Å². The first-order chi connectivity index (χ1) is 19.1. The molecular formula is C30H35N5O5. The lowest BCUT2D eigenvalue weighted by atomic mass is 9.94. The summed E-state index contributed by atoms with van der Waals surface area (Å²) in [5, 5.41) is 3.69. The van der Waals surface area contributed by atoms with Crippen LogP contribution in [0, 0.1) is 0 Å². The molecule has 1 saturated heterocycles. The fraction of sp³-hybridized carbons (Fsp3) is 0.400. The van der Waals surface area contributed by atoms with Gasteiger partial charge < -0.3 is 24.5 Å². The van der Waals surface area contributed by atoms with E-state index in [2.05, 4.69) is 27.5 Å². The Kier molecular flexibility index (Phi) is 7.27. The van der Waals surface area contributed by atoms with Gasteiger partial charge in [0.1, 0.15) is 6.04 Å². The van der Waals surface area contributed by atoms with E-state index < -0.39 is 23.6 Å². The summed E-state index contributed by atoms with van der Waals surface area (Å²) in [5.41, 5.74) is 6.18. The van der Waals surface area contributed by atoms with E-state index in [1.54, 1.807) is 21.9 Å². The highest BCUT2D eigenvalue weighted by Crippen LogP contribution is 2.35. The van der Waals surface area contributed by atoms with Crippen molar-refractivity contribution in [3.63, 3.8) is 0 Å². The smallest absolute Gasteiger partial charge is 0.338 e. The molecule has 1 aromatic heterocycles. The first-order valence-electron chi connectivity index (χ1n) is 13.6. The van der Waals surface area contributed by atoms with Gasteiger partial charge in [-0.05, 0) is 56.5 Å². The van der Waals surface area contributed by atoms with Crippen LogP contribution in [0.1, 0.15) is 61.3 Å². The van der Waals surface area contributed by atoms with Gasteiger partial charge in [0.15, 0.2) is 0 Å². The average Bonchev–Trinajstić information content (AvgIpc) is 3.21. The highest BCUT2D eigenvalue weighted by atomic mass is 16.7. The molecule has 0 saturated carbocycles. The molecule has 1 fully saturated rings. The van der Waals surface area contributed by atoms with E-state index in [-0.39, 0.29) is 18.4 Å². The highest BCUT2D eigenvalue weighted by Gasteiger charge is 2.43. The standard InChI is InChI=1S/C30H35N5O5/c1-5-14-33-18-26(36)35-17-25-22(15-24(35)28(33)38)21-8-6-7-9-23(21)34(25)16-19-10-12-20(13-11-19)27(37)32-40-29(39)31-30(2,3)4/h6-13,24H,5,14-18H2,1-4H3,(H,31,39)(H,32,37). The summed E-state index contributed by atoms with van der Waals surface area (Å²) in [6.45, 7) is 9.07. The molecule has 3 heterocycles. The van der Waals surface area contributed by atoms with Crippen molar-refractivity contribution in [2.24, 2.45) is 0 Å². The Morgan fingerprint density at radius 1 is 1.02 bits per heavy atom. The molecule has 210 valence electrons. The number of nitrogens with zero attached hydrogens (tertiary/aromatic N) is 3. The van der Waals surface area contributed by atoms with Crippen molar-refractivity contribution in [1.82, 2.24) is 25.2 Å². The third-order valence-electron chi connectivity index (χ3n) is 7.29. The zero-order chi connectivity index (χ0) is 28.6. The number of fused-ring (bicyclic) bond motifs is 4. The normalized spacial score (nSPS) is 16.9. The summed E-state index contributed by atoms with van der Waals surface area (Å²) < 4.78 is 2.20. The summed E-state index contributed by atoms with van der Waals surface area (Å²) in [5.74, 6) is -0.525. The maximum atomic E-state index is 13.2. The third kappa shape index (κ3) is 5.38. The zero-order valence-electron chi connectivity index (χ0n) is 23.3. The van der Waals surface area contributed by atoms with Crippen molar-refractivity contribution >= 4 is 34.7 Å². The zero-order valence-corrected chi connectivity index (χ0v) is 23.3. The molecule has 0 spiro atoms.